The second-order valence-electron chi connectivity index (χ2n) is 8.31. The maximum Gasteiger partial charge on any atom is 0.263 e. The number of carbonyl (C=O) groups excluding carboxylic acids is 1. The van der Waals surface area contributed by atoms with Gasteiger partial charge in [0.25, 0.3) is 11.8 Å². The second-order valence-corrected chi connectivity index (χ2v) is 8.31. The average molecular weight is 435 g/mol. The molecule has 4 aromatic rings. The molecule has 1 fully saturated rings. The standard InChI is InChI=1S/C23H26N6O3/c1-15-21(16(2)31-25-15)22-24-20(26-32-22)14-28-9-6-10-29(12-11-28)23(30)18-13-27(3)19-8-5-4-7-17(18)19/h4-5,7-8,13H,6,9-12,14H2,1-3H3. The smallest absolute Gasteiger partial charge is 0.263 e. The maximum absolute atomic E-state index is 13.3. The number of aromatic nitrogens is 4. The number of carbonyl (C=O) groups is 1. The Morgan fingerprint density at radius 3 is 2.72 bits per heavy atom. The zero-order valence-corrected chi connectivity index (χ0v) is 18.5. The minimum Gasteiger partial charge on any atom is -0.361 e. The van der Waals surface area contributed by atoms with E-state index in [1.54, 1.807) is 0 Å². The number of fused-ring (bicyclic) bond motifs is 1. The van der Waals surface area contributed by atoms with Crippen LogP contribution in [0.5, 0.6) is 0 Å². The molecule has 0 unspecified atom stereocenters. The number of aryl methyl sites for hydroxylation is 3. The molecule has 0 saturated carbocycles. The number of rotatable bonds is 4. The first-order chi connectivity index (χ1) is 15.5. The molecule has 5 rings (SSSR count). The summed E-state index contributed by atoms with van der Waals surface area (Å²) in [6.45, 7) is 7.27. The number of hydrogen-bond donors (Lipinski definition) is 0. The van der Waals surface area contributed by atoms with Crippen LogP contribution in [0.2, 0.25) is 0 Å². The summed E-state index contributed by atoms with van der Waals surface area (Å²) in [5.41, 5.74) is 3.32. The monoisotopic (exact) mass is 434 g/mol. The van der Waals surface area contributed by atoms with Crippen LogP contribution in [0.15, 0.2) is 39.5 Å². The second kappa shape index (κ2) is 8.23. The summed E-state index contributed by atoms with van der Waals surface area (Å²) in [6, 6.07) is 8.03. The Bertz CT molecular complexity index is 1250. The van der Waals surface area contributed by atoms with Gasteiger partial charge >= 0.3 is 0 Å². The molecule has 1 saturated heterocycles. The van der Waals surface area contributed by atoms with E-state index < -0.39 is 0 Å². The Labute approximate surface area is 185 Å². The summed E-state index contributed by atoms with van der Waals surface area (Å²) in [7, 11) is 1.98. The van der Waals surface area contributed by atoms with Crippen molar-refractivity contribution in [1.82, 2.24) is 29.7 Å². The van der Waals surface area contributed by atoms with Gasteiger partial charge in [-0.25, -0.2) is 0 Å². The molecule has 0 aliphatic carbocycles. The van der Waals surface area contributed by atoms with Crippen LogP contribution in [0.1, 0.15) is 34.1 Å². The van der Waals surface area contributed by atoms with E-state index in [9.17, 15) is 4.79 Å². The average Bonchev–Trinajstić information content (AvgIpc) is 3.41. The quantitative estimate of drug-likeness (QED) is 0.487. The number of hydrogen-bond acceptors (Lipinski definition) is 7. The van der Waals surface area contributed by atoms with E-state index in [0.717, 1.165) is 53.8 Å². The summed E-state index contributed by atoms with van der Waals surface area (Å²) in [6.07, 6.45) is 2.83. The minimum absolute atomic E-state index is 0.0869. The van der Waals surface area contributed by atoms with Gasteiger partial charge in [0.1, 0.15) is 11.3 Å². The van der Waals surface area contributed by atoms with E-state index in [-0.39, 0.29) is 5.91 Å². The van der Waals surface area contributed by atoms with Gasteiger partial charge in [0, 0.05) is 50.3 Å². The summed E-state index contributed by atoms with van der Waals surface area (Å²) in [5, 5.41) is 9.08. The molecule has 166 valence electrons. The van der Waals surface area contributed by atoms with Crippen LogP contribution in [0.25, 0.3) is 22.4 Å². The van der Waals surface area contributed by atoms with Crippen molar-refractivity contribution in [3.63, 3.8) is 0 Å². The molecule has 1 aromatic carbocycles. The Morgan fingerprint density at radius 2 is 1.91 bits per heavy atom. The Hall–Kier alpha value is -3.46. The summed E-state index contributed by atoms with van der Waals surface area (Å²) in [5.74, 6) is 1.80. The van der Waals surface area contributed by atoms with E-state index in [4.69, 9.17) is 9.05 Å². The highest BCUT2D eigenvalue weighted by atomic mass is 16.5. The largest absolute Gasteiger partial charge is 0.361 e. The van der Waals surface area contributed by atoms with Crippen molar-refractivity contribution in [2.75, 3.05) is 26.2 Å². The maximum atomic E-state index is 13.3. The fraction of sp³-hybridized carbons (Fsp3) is 0.391. The number of benzene rings is 1. The Morgan fingerprint density at radius 1 is 1.06 bits per heavy atom. The van der Waals surface area contributed by atoms with E-state index in [1.165, 1.54) is 0 Å². The van der Waals surface area contributed by atoms with Gasteiger partial charge in [-0.1, -0.05) is 28.5 Å². The van der Waals surface area contributed by atoms with Gasteiger partial charge in [-0.2, -0.15) is 4.98 Å². The molecule has 0 N–H and O–H groups in total. The SMILES string of the molecule is Cc1noc(C)c1-c1nc(CN2CCCN(C(=O)c3cn(C)c4ccccc34)CC2)no1. The van der Waals surface area contributed by atoms with Crippen LogP contribution in [0.3, 0.4) is 0 Å². The molecule has 9 heteroatoms. The van der Waals surface area contributed by atoms with E-state index >= 15 is 0 Å². The lowest BCUT2D eigenvalue weighted by Crippen LogP contribution is -2.35. The molecule has 0 radical (unpaired) electrons. The normalized spacial score (nSPS) is 15.4. The third kappa shape index (κ3) is 3.69. The molecule has 9 nitrogen and oxygen atoms in total. The molecular formula is C23H26N6O3. The lowest BCUT2D eigenvalue weighted by atomic mass is 10.1. The van der Waals surface area contributed by atoms with Crippen molar-refractivity contribution in [2.45, 2.75) is 26.8 Å². The topological polar surface area (TPSA) is 93.4 Å². The van der Waals surface area contributed by atoms with Crippen molar-refractivity contribution >= 4 is 16.8 Å². The molecule has 1 aliphatic heterocycles. The predicted molar refractivity (Wildman–Crippen MR) is 118 cm³/mol. The van der Waals surface area contributed by atoms with Crippen molar-refractivity contribution in [2.24, 2.45) is 7.05 Å². The van der Waals surface area contributed by atoms with Gasteiger partial charge in [0.15, 0.2) is 5.82 Å². The fourth-order valence-electron chi connectivity index (χ4n) is 4.42. The predicted octanol–water partition coefficient (Wildman–Crippen LogP) is 3.18. The van der Waals surface area contributed by atoms with E-state index in [2.05, 4.69) is 20.2 Å². The summed E-state index contributed by atoms with van der Waals surface area (Å²) in [4.78, 5) is 22.0. The Kier molecular flexibility index (Phi) is 5.26. The van der Waals surface area contributed by atoms with Crippen molar-refractivity contribution in [3.8, 4) is 11.5 Å². The van der Waals surface area contributed by atoms with Crippen LogP contribution in [0.4, 0.5) is 0 Å². The van der Waals surface area contributed by atoms with Crippen molar-refractivity contribution in [3.05, 3.63) is 53.3 Å². The third-order valence-corrected chi connectivity index (χ3v) is 6.08. The minimum atomic E-state index is 0.0869. The number of para-hydroxylation sites is 1. The first-order valence-electron chi connectivity index (χ1n) is 10.8. The van der Waals surface area contributed by atoms with Crippen LogP contribution in [-0.2, 0) is 13.6 Å². The molecule has 32 heavy (non-hydrogen) atoms. The first kappa shape index (κ1) is 20.4. The van der Waals surface area contributed by atoms with Crippen molar-refractivity contribution < 1.29 is 13.8 Å². The molecule has 1 amide bonds. The first-order valence-corrected chi connectivity index (χ1v) is 10.8. The van der Waals surface area contributed by atoms with E-state index in [0.29, 0.717) is 30.6 Å². The zero-order valence-electron chi connectivity index (χ0n) is 18.5. The molecule has 0 atom stereocenters. The van der Waals surface area contributed by atoms with Gasteiger partial charge in [0.05, 0.1) is 17.8 Å². The van der Waals surface area contributed by atoms with Gasteiger partial charge < -0.3 is 18.5 Å². The van der Waals surface area contributed by atoms with Crippen LogP contribution >= 0.6 is 0 Å². The highest BCUT2D eigenvalue weighted by Crippen LogP contribution is 2.26. The lowest BCUT2D eigenvalue weighted by Gasteiger charge is -2.21. The van der Waals surface area contributed by atoms with Crippen molar-refractivity contribution in [1.29, 1.82) is 0 Å². The van der Waals surface area contributed by atoms with Crippen LogP contribution in [-0.4, -0.2) is 61.8 Å². The molecule has 1 aliphatic rings. The highest BCUT2D eigenvalue weighted by molar-refractivity contribution is 6.07. The molecule has 4 heterocycles. The zero-order chi connectivity index (χ0) is 22.2. The van der Waals surface area contributed by atoms with Gasteiger partial charge in [0.2, 0.25) is 0 Å². The van der Waals surface area contributed by atoms with Crippen LogP contribution in [0, 0.1) is 13.8 Å². The lowest BCUT2D eigenvalue weighted by molar-refractivity contribution is 0.0762. The molecule has 0 spiro atoms. The molecule has 0 bridgehead atoms. The van der Waals surface area contributed by atoms with Crippen LogP contribution < -0.4 is 0 Å². The Balaban J connectivity index is 1.26. The number of amides is 1. The molecular weight excluding hydrogens is 408 g/mol. The fourth-order valence-corrected chi connectivity index (χ4v) is 4.42. The number of nitrogens with zero attached hydrogens (tertiary/aromatic N) is 6. The summed E-state index contributed by atoms with van der Waals surface area (Å²) < 4.78 is 12.7. The van der Waals surface area contributed by atoms with Gasteiger partial charge in [-0.15, -0.1) is 0 Å². The highest BCUT2D eigenvalue weighted by Gasteiger charge is 2.24. The van der Waals surface area contributed by atoms with Gasteiger partial charge in [-0.05, 0) is 26.3 Å². The van der Waals surface area contributed by atoms with E-state index in [1.807, 2.05) is 60.8 Å². The van der Waals surface area contributed by atoms with Gasteiger partial charge in [-0.3, -0.25) is 9.69 Å². The third-order valence-electron chi connectivity index (χ3n) is 6.08. The molecule has 3 aromatic heterocycles. The summed E-state index contributed by atoms with van der Waals surface area (Å²) >= 11 is 0.